The van der Waals surface area contributed by atoms with Crippen molar-refractivity contribution in [3.63, 3.8) is 0 Å². The Kier molecular flexibility index (Phi) is 6.67. The number of nitrogens with one attached hydrogen (secondary N) is 1. The number of terminal acetylenes is 1. The van der Waals surface area contributed by atoms with Gasteiger partial charge < -0.3 is 19.5 Å². The van der Waals surface area contributed by atoms with E-state index in [9.17, 15) is 0 Å². The number of nitrogens with zero attached hydrogens (tertiary/aromatic N) is 2. The van der Waals surface area contributed by atoms with Crippen LogP contribution in [0.1, 0.15) is 13.1 Å². The molecule has 0 aliphatic heterocycles. The molecule has 0 spiro atoms. The van der Waals surface area contributed by atoms with Crippen LogP contribution in [0.3, 0.4) is 0 Å². The molecule has 1 aromatic heterocycles. The zero-order chi connectivity index (χ0) is 19.4. The summed E-state index contributed by atoms with van der Waals surface area (Å²) in [6.07, 6.45) is 5.31. The third-order valence-corrected chi connectivity index (χ3v) is 4.17. The van der Waals surface area contributed by atoms with Crippen molar-refractivity contribution < 1.29 is 14.2 Å². The Hall–Kier alpha value is -3.46. The van der Waals surface area contributed by atoms with Crippen LogP contribution in [-0.2, 0) is 0 Å². The van der Waals surface area contributed by atoms with Gasteiger partial charge in [-0.05, 0) is 37.3 Å². The van der Waals surface area contributed by atoms with Crippen molar-refractivity contribution in [1.82, 2.24) is 9.97 Å². The molecule has 3 rings (SSSR count). The van der Waals surface area contributed by atoms with Gasteiger partial charge >= 0.3 is 0 Å². The predicted octanol–water partition coefficient (Wildman–Crippen LogP) is 4.31. The van der Waals surface area contributed by atoms with E-state index >= 15 is 0 Å². The van der Waals surface area contributed by atoms with E-state index in [4.69, 9.17) is 25.6 Å². The van der Waals surface area contributed by atoms with Crippen molar-refractivity contribution in [3.05, 3.63) is 36.0 Å². The minimum atomic E-state index is 0. The molecule has 6 nitrogen and oxygen atoms in total. The molecule has 1 heterocycles. The molecule has 0 atom stereocenters. The number of anilines is 1. The van der Waals surface area contributed by atoms with E-state index in [2.05, 4.69) is 16.2 Å². The fourth-order valence-corrected chi connectivity index (χ4v) is 2.90. The van der Waals surface area contributed by atoms with Gasteiger partial charge in [-0.1, -0.05) is 13.3 Å². The number of hydrogen-bond acceptors (Lipinski definition) is 6. The number of ether oxygens (including phenoxy) is 3. The average molecular weight is 379 g/mol. The van der Waals surface area contributed by atoms with E-state index in [0.29, 0.717) is 23.8 Å². The second kappa shape index (κ2) is 8.96. The number of aryl methyl sites for hydroxylation is 1. The summed E-state index contributed by atoms with van der Waals surface area (Å²) in [5.41, 5.74) is 4.87. The lowest BCUT2D eigenvalue weighted by Gasteiger charge is -2.15. The summed E-state index contributed by atoms with van der Waals surface area (Å²) < 4.78 is 16.3. The number of methoxy groups -OCH3 is 3. The van der Waals surface area contributed by atoms with Crippen LogP contribution in [0.4, 0.5) is 5.69 Å². The summed E-state index contributed by atoms with van der Waals surface area (Å²) in [6, 6.07) is 9.52. The molecule has 1 N–H and O–H groups in total. The van der Waals surface area contributed by atoms with Gasteiger partial charge in [0.2, 0.25) is 5.75 Å². The van der Waals surface area contributed by atoms with E-state index in [-0.39, 0.29) is 7.43 Å². The molecule has 0 unspecified atom stereocenters. The van der Waals surface area contributed by atoms with Gasteiger partial charge in [0, 0.05) is 11.3 Å². The molecule has 0 aliphatic carbocycles. The summed E-state index contributed by atoms with van der Waals surface area (Å²) in [5, 5.41) is 3.15. The maximum absolute atomic E-state index is 5.45. The molecule has 3 aromatic rings. The molecular weight excluding hydrogens is 354 g/mol. The number of fused-ring (bicyclic) bond motifs is 1. The summed E-state index contributed by atoms with van der Waals surface area (Å²) in [7, 11) is 4.75. The Labute approximate surface area is 165 Å². The second-order valence-electron chi connectivity index (χ2n) is 5.83. The van der Waals surface area contributed by atoms with Crippen molar-refractivity contribution in [2.45, 2.75) is 14.4 Å². The third kappa shape index (κ3) is 3.94. The Bertz CT molecular complexity index is 1000. The second-order valence-corrected chi connectivity index (χ2v) is 5.83. The van der Waals surface area contributed by atoms with E-state index in [1.54, 1.807) is 21.3 Å². The van der Waals surface area contributed by atoms with E-state index in [1.165, 1.54) is 0 Å². The molecule has 0 saturated carbocycles. The van der Waals surface area contributed by atoms with Crippen LogP contribution < -0.4 is 19.5 Å². The first-order valence-electron chi connectivity index (χ1n) is 8.37. The minimum Gasteiger partial charge on any atom is -0.493 e. The van der Waals surface area contributed by atoms with Crippen LogP contribution in [0, 0.1) is 19.3 Å². The van der Waals surface area contributed by atoms with Gasteiger partial charge in [-0.2, -0.15) is 0 Å². The Morgan fingerprint density at radius 1 is 0.964 bits per heavy atom. The lowest BCUT2D eigenvalue weighted by molar-refractivity contribution is 0.324. The van der Waals surface area contributed by atoms with Gasteiger partial charge in [0.05, 0.1) is 50.3 Å². The average Bonchev–Trinajstić information content (AvgIpc) is 2.70. The molecule has 0 amide bonds. The van der Waals surface area contributed by atoms with E-state index in [1.807, 2.05) is 37.3 Å². The number of rotatable bonds is 6. The Morgan fingerprint density at radius 3 is 2.21 bits per heavy atom. The Balaban J connectivity index is 0.00000280. The van der Waals surface area contributed by atoms with Crippen LogP contribution >= 0.6 is 0 Å². The van der Waals surface area contributed by atoms with Crippen molar-refractivity contribution in [3.8, 4) is 40.8 Å². The SMILES string of the molecule is C.C#CCNc1ccc2nc(C)c(-c3cc(OC)c(OC)c(OC)c3)nc2c1. The van der Waals surface area contributed by atoms with Crippen molar-refractivity contribution in [1.29, 1.82) is 0 Å². The number of aromatic nitrogens is 2. The van der Waals surface area contributed by atoms with Gasteiger partial charge in [0.15, 0.2) is 11.5 Å². The smallest absolute Gasteiger partial charge is 0.203 e. The normalized spacial score (nSPS) is 9.96. The summed E-state index contributed by atoms with van der Waals surface area (Å²) >= 11 is 0. The molecular formula is C22H25N3O3. The molecule has 28 heavy (non-hydrogen) atoms. The summed E-state index contributed by atoms with van der Waals surface area (Å²) in [6.45, 7) is 2.37. The maximum atomic E-state index is 5.45. The van der Waals surface area contributed by atoms with Gasteiger partial charge in [0.1, 0.15) is 0 Å². The molecule has 6 heteroatoms. The van der Waals surface area contributed by atoms with Gasteiger partial charge in [0.25, 0.3) is 0 Å². The van der Waals surface area contributed by atoms with Crippen molar-refractivity contribution in [2.24, 2.45) is 0 Å². The maximum Gasteiger partial charge on any atom is 0.203 e. The van der Waals surface area contributed by atoms with Crippen molar-refractivity contribution >= 4 is 16.7 Å². The van der Waals surface area contributed by atoms with E-state index < -0.39 is 0 Å². The highest BCUT2D eigenvalue weighted by molar-refractivity contribution is 5.82. The highest BCUT2D eigenvalue weighted by Gasteiger charge is 2.17. The van der Waals surface area contributed by atoms with Gasteiger partial charge in [-0.3, -0.25) is 0 Å². The lowest BCUT2D eigenvalue weighted by atomic mass is 10.1. The lowest BCUT2D eigenvalue weighted by Crippen LogP contribution is -2.00. The van der Waals surface area contributed by atoms with Crippen LogP contribution in [0.15, 0.2) is 30.3 Å². The first-order chi connectivity index (χ1) is 13.1. The zero-order valence-corrected chi connectivity index (χ0v) is 15.8. The molecule has 0 bridgehead atoms. The molecule has 0 aliphatic rings. The molecule has 0 fully saturated rings. The highest BCUT2D eigenvalue weighted by Crippen LogP contribution is 2.41. The number of hydrogen-bond donors (Lipinski definition) is 1. The molecule has 146 valence electrons. The molecule has 2 aromatic carbocycles. The minimum absolute atomic E-state index is 0. The predicted molar refractivity (Wildman–Crippen MR) is 113 cm³/mol. The fraction of sp³-hybridized carbons (Fsp3) is 0.273. The fourth-order valence-electron chi connectivity index (χ4n) is 2.90. The zero-order valence-electron chi connectivity index (χ0n) is 15.8. The monoisotopic (exact) mass is 379 g/mol. The summed E-state index contributed by atoms with van der Waals surface area (Å²) in [4.78, 5) is 9.50. The van der Waals surface area contributed by atoms with Crippen LogP contribution in [0.5, 0.6) is 17.2 Å². The highest BCUT2D eigenvalue weighted by atomic mass is 16.5. The first kappa shape index (κ1) is 20.8. The van der Waals surface area contributed by atoms with Gasteiger partial charge in [-0.25, -0.2) is 9.97 Å². The summed E-state index contributed by atoms with van der Waals surface area (Å²) in [5.74, 6) is 4.23. The molecule has 0 radical (unpaired) electrons. The van der Waals surface area contributed by atoms with Crippen LogP contribution in [-0.4, -0.2) is 37.8 Å². The van der Waals surface area contributed by atoms with Gasteiger partial charge in [-0.15, -0.1) is 6.42 Å². The first-order valence-corrected chi connectivity index (χ1v) is 8.37. The molecule has 0 saturated heterocycles. The standard InChI is InChI=1S/C21H21N3O3.CH4/c1-6-9-22-15-7-8-16-17(12-15)24-20(13(2)23-16)14-10-18(25-3)21(27-5)19(11-14)26-4;/h1,7-8,10-12,22H,9H2,2-5H3;1H4. The topological polar surface area (TPSA) is 65.5 Å². The largest absolute Gasteiger partial charge is 0.493 e. The van der Waals surface area contributed by atoms with Crippen LogP contribution in [0.2, 0.25) is 0 Å². The van der Waals surface area contributed by atoms with E-state index in [0.717, 1.165) is 33.7 Å². The van der Waals surface area contributed by atoms with Crippen molar-refractivity contribution in [2.75, 3.05) is 33.2 Å². The quantitative estimate of drug-likeness (QED) is 0.644. The Morgan fingerprint density at radius 2 is 1.64 bits per heavy atom. The number of benzene rings is 2. The van der Waals surface area contributed by atoms with Crippen LogP contribution in [0.25, 0.3) is 22.3 Å². The third-order valence-electron chi connectivity index (χ3n) is 4.17.